The number of benzene rings is 2. The summed E-state index contributed by atoms with van der Waals surface area (Å²) in [6, 6.07) is 13.6. The quantitative estimate of drug-likeness (QED) is 0.519. The molecule has 2 aromatic rings. The van der Waals surface area contributed by atoms with E-state index in [0.29, 0.717) is 6.42 Å². The Bertz CT molecular complexity index is 632. The summed E-state index contributed by atoms with van der Waals surface area (Å²) in [5, 5.41) is 2.10. The van der Waals surface area contributed by atoms with Crippen molar-refractivity contribution in [3.8, 4) is 0 Å². The van der Waals surface area contributed by atoms with Gasteiger partial charge in [0.15, 0.2) is 0 Å². The van der Waals surface area contributed by atoms with Gasteiger partial charge in [0.2, 0.25) is 0 Å². The first-order valence-electron chi connectivity index (χ1n) is 5.05. The lowest BCUT2D eigenvalue weighted by molar-refractivity contribution is 0.481. The highest BCUT2D eigenvalue weighted by Crippen LogP contribution is 2.23. The van der Waals surface area contributed by atoms with Crippen molar-refractivity contribution >= 4 is 43.5 Å². The van der Waals surface area contributed by atoms with E-state index in [0.717, 1.165) is 16.3 Å². The third-order valence-electron chi connectivity index (χ3n) is 2.58. The zero-order chi connectivity index (χ0) is 12.5. The minimum Gasteiger partial charge on any atom is -0.285 e. The van der Waals surface area contributed by atoms with Gasteiger partial charge in [0, 0.05) is 6.42 Å². The van der Waals surface area contributed by atoms with E-state index >= 15 is 0 Å². The van der Waals surface area contributed by atoms with Crippen molar-refractivity contribution < 1.29 is 13.0 Å². The highest BCUT2D eigenvalue weighted by atomic mass is 127. The Labute approximate surface area is 114 Å². The van der Waals surface area contributed by atoms with Crippen LogP contribution in [0.1, 0.15) is 5.56 Å². The van der Waals surface area contributed by atoms with Crippen LogP contribution in [0.2, 0.25) is 0 Å². The van der Waals surface area contributed by atoms with Crippen molar-refractivity contribution in [2.45, 2.75) is 9.68 Å². The molecule has 0 aliphatic heterocycles. The van der Waals surface area contributed by atoms with Gasteiger partial charge >= 0.3 is 0 Å². The van der Waals surface area contributed by atoms with Crippen LogP contribution in [0.4, 0.5) is 0 Å². The minimum absolute atomic E-state index is 0.306. The molecule has 5 heteroatoms. The summed E-state index contributed by atoms with van der Waals surface area (Å²) < 4.78 is 30.2. The summed E-state index contributed by atoms with van der Waals surface area (Å²) in [5.74, 6) is 0. The molecule has 0 heterocycles. The number of hydrogen-bond donors (Lipinski definition) is 1. The standard InChI is InChI=1S/C12H11IO3S/c13-12(17(14,15)16)8-10-6-3-5-9-4-1-2-7-11(9)10/h1-7,12H,8H2,(H,14,15,16). The van der Waals surface area contributed by atoms with E-state index in [4.69, 9.17) is 4.55 Å². The largest absolute Gasteiger partial charge is 0.285 e. The molecule has 17 heavy (non-hydrogen) atoms. The lowest BCUT2D eigenvalue weighted by Gasteiger charge is -2.09. The zero-order valence-corrected chi connectivity index (χ0v) is 11.8. The smallest absolute Gasteiger partial charge is 0.277 e. The lowest BCUT2D eigenvalue weighted by atomic mass is 10.0. The summed E-state index contributed by atoms with van der Waals surface area (Å²) in [6.07, 6.45) is 0.306. The minimum atomic E-state index is -3.98. The molecule has 0 radical (unpaired) electrons. The normalized spacial score (nSPS) is 13.8. The lowest BCUT2D eigenvalue weighted by Crippen LogP contribution is -2.15. The van der Waals surface area contributed by atoms with E-state index in [1.165, 1.54) is 0 Å². The highest BCUT2D eigenvalue weighted by molar-refractivity contribution is 14.1. The maximum atomic E-state index is 11.0. The second kappa shape index (κ2) is 4.91. The predicted molar refractivity (Wildman–Crippen MR) is 77.0 cm³/mol. The monoisotopic (exact) mass is 362 g/mol. The Morgan fingerprint density at radius 2 is 1.76 bits per heavy atom. The molecular formula is C12H11IO3S. The Kier molecular flexibility index (Phi) is 3.70. The molecule has 1 N–H and O–H groups in total. The predicted octanol–water partition coefficient (Wildman–Crippen LogP) is 3.03. The fraction of sp³-hybridized carbons (Fsp3) is 0.167. The second-order valence-corrected chi connectivity index (χ2v) is 7.72. The van der Waals surface area contributed by atoms with Gasteiger partial charge in [-0.1, -0.05) is 65.1 Å². The number of hydrogen-bond acceptors (Lipinski definition) is 2. The molecule has 90 valence electrons. The molecule has 0 saturated heterocycles. The Morgan fingerprint density at radius 1 is 1.12 bits per heavy atom. The van der Waals surface area contributed by atoms with Crippen LogP contribution in [0, 0.1) is 0 Å². The summed E-state index contributed by atoms with van der Waals surface area (Å²) in [7, 11) is -3.98. The molecule has 0 saturated carbocycles. The van der Waals surface area contributed by atoms with Crippen molar-refractivity contribution in [2.24, 2.45) is 0 Å². The van der Waals surface area contributed by atoms with Crippen LogP contribution < -0.4 is 0 Å². The van der Waals surface area contributed by atoms with Crippen molar-refractivity contribution in [1.29, 1.82) is 0 Å². The van der Waals surface area contributed by atoms with E-state index in [9.17, 15) is 8.42 Å². The molecule has 0 amide bonds. The Hall–Kier alpha value is -0.660. The van der Waals surface area contributed by atoms with Crippen LogP contribution in [0.25, 0.3) is 10.8 Å². The van der Waals surface area contributed by atoms with Crippen molar-refractivity contribution in [1.82, 2.24) is 0 Å². The summed E-state index contributed by atoms with van der Waals surface area (Å²) in [4.78, 5) is 0. The zero-order valence-electron chi connectivity index (χ0n) is 8.88. The van der Waals surface area contributed by atoms with Crippen LogP contribution in [0.5, 0.6) is 0 Å². The molecule has 0 spiro atoms. The summed E-state index contributed by atoms with van der Waals surface area (Å²) in [5.41, 5.74) is 0.931. The molecule has 1 unspecified atom stereocenters. The molecule has 0 aliphatic rings. The van der Waals surface area contributed by atoms with Crippen molar-refractivity contribution in [3.05, 3.63) is 48.0 Å². The van der Waals surface area contributed by atoms with Crippen LogP contribution in [-0.2, 0) is 16.5 Å². The van der Waals surface area contributed by atoms with Gasteiger partial charge in [-0.05, 0) is 16.3 Å². The van der Waals surface area contributed by atoms with Crippen LogP contribution in [0.15, 0.2) is 42.5 Å². The fourth-order valence-corrected chi connectivity index (χ4v) is 2.61. The van der Waals surface area contributed by atoms with Gasteiger partial charge in [-0.2, -0.15) is 8.42 Å². The van der Waals surface area contributed by atoms with Gasteiger partial charge in [0.25, 0.3) is 10.1 Å². The maximum Gasteiger partial charge on any atom is 0.277 e. The molecule has 0 aliphatic carbocycles. The van der Waals surface area contributed by atoms with E-state index in [1.807, 2.05) is 42.5 Å². The second-order valence-electron chi connectivity index (χ2n) is 3.77. The van der Waals surface area contributed by atoms with Crippen LogP contribution >= 0.6 is 22.6 Å². The third kappa shape index (κ3) is 2.97. The first-order chi connectivity index (χ1) is 7.98. The molecular weight excluding hydrogens is 351 g/mol. The molecule has 2 rings (SSSR count). The summed E-state index contributed by atoms with van der Waals surface area (Å²) >= 11 is 1.75. The average molecular weight is 362 g/mol. The third-order valence-corrected chi connectivity index (χ3v) is 5.76. The molecule has 0 bridgehead atoms. The SMILES string of the molecule is O=S(=O)(O)C(I)Cc1cccc2ccccc12. The van der Waals surface area contributed by atoms with Crippen LogP contribution in [-0.4, -0.2) is 16.2 Å². The van der Waals surface area contributed by atoms with Gasteiger partial charge in [-0.3, -0.25) is 4.55 Å². The van der Waals surface area contributed by atoms with E-state index in [-0.39, 0.29) is 0 Å². The van der Waals surface area contributed by atoms with E-state index in [2.05, 4.69) is 0 Å². The number of alkyl halides is 1. The Balaban J connectivity index is 2.43. The average Bonchev–Trinajstić information content (AvgIpc) is 2.28. The fourth-order valence-electron chi connectivity index (χ4n) is 1.75. The number of fused-ring (bicyclic) bond motifs is 1. The molecule has 3 nitrogen and oxygen atoms in total. The first-order valence-corrected chi connectivity index (χ1v) is 7.80. The van der Waals surface area contributed by atoms with Gasteiger partial charge in [0.05, 0.1) is 0 Å². The molecule has 0 aromatic heterocycles. The molecule has 2 aromatic carbocycles. The summed E-state index contributed by atoms with van der Waals surface area (Å²) in [6.45, 7) is 0. The van der Waals surface area contributed by atoms with Crippen molar-refractivity contribution in [2.75, 3.05) is 0 Å². The van der Waals surface area contributed by atoms with E-state index in [1.54, 1.807) is 22.6 Å². The van der Waals surface area contributed by atoms with Crippen LogP contribution in [0.3, 0.4) is 0 Å². The first kappa shape index (κ1) is 12.8. The van der Waals surface area contributed by atoms with Gasteiger partial charge in [-0.25, -0.2) is 0 Å². The van der Waals surface area contributed by atoms with Gasteiger partial charge < -0.3 is 0 Å². The number of rotatable bonds is 3. The molecule has 0 fully saturated rings. The Morgan fingerprint density at radius 3 is 2.47 bits per heavy atom. The van der Waals surface area contributed by atoms with Crippen molar-refractivity contribution in [3.63, 3.8) is 0 Å². The maximum absolute atomic E-state index is 11.0. The van der Waals surface area contributed by atoms with Gasteiger partial charge in [0.1, 0.15) is 3.26 Å². The number of halogens is 1. The van der Waals surface area contributed by atoms with Gasteiger partial charge in [-0.15, -0.1) is 0 Å². The highest BCUT2D eigenvalue weighted by Gasteiger charge is 2.20. The molecule has 1 atom stereocenters. The topological polar surface area (TPSA) is 54.4 Å². The van der Waals surface area contributed by atoms with E-state index < -0.39 is 13.4 Å².